The number of carbonyl (C=O) groups is 1. The molecule has 1 aromatic carbocycles. The van der Waals surface area contributed by atoms with Gasteiger partial charge in [-0.3, -0.25) is 4.79 Å². The number of benzene rings is 1. The third-order valence-electron chi connectivity index (χ3n) is 3.92. The first-order chi connectivity index (χ1) is 11.6. The number of anilines is 1. The molecule has 1 aromatic heterocycles. The molecule has 1 N–H and O–H groups in total. The van der Waals surface area contributed by atoms with E-state index in [0.29, 0.717) is 24.0 Å². The molecule has 3 rings (SSSR count). The Morgan fingerprint density at radius 1 is 1.29 bits per heavy atom. The van der Waals surface area contributed by atoms with E-state index in [1.54, 1.807) is 0 Å². The van der Waals surface area contributed by atoms with Crippen LogP contribution in [-0.2, 0) is 9.53 Å². The number of hydrogen-bond acceptors (Lipinski definition) is 6. The highest BCUT2D eigenvalue weighted by Gasteiger charge is 2.25. The zero-order chi connectivity index (χ0) is 17.1. The number of hydrogen-bond donors (Lipinski definition) is 1. The summed E-state index contributed by atoms with van der Waals surface area (Å²) in [5.41, 5.74) is 0.875. The van der Waals surface area contributed by atoms with Crippen molar-refractivity contribution in [3.63, 3.8) is 0 Å². The molecule has 2 heterocycles. The Morgan fingerprint density at radius 3 is 2.71 bits per heavy atom. The summed E-state index contributed by atoms with van der Waals surface area (Å²) in [5, 5.41) is 4.69. The van der Waals surface area contributed by atoms with Crippen molar-refractivity contribution in [1.29, 1.82) is 0 Å². The topological polar surface area (TPSA) is 67.4 Å². The molecule has 2 atom stereocenters. The summed E-state index contributed by atoms with van der Waals surface area (Å²) in [6.07, 6.45) is 0.158. The molecule has 2 aromatic rings. The molecule has 24 heavy (non-hydrogen) atoms. The van der Waals surface area contributed by atoms with Crippen LogP contribution in [0.5, 0.6) is 0 Å². The van der Waals surface area contributed by atoms with E-state index in [1.165, 1.54) is 11.8 Å². The number of rotatable bonds is 4. The largest absolute Gasteiger partial charge is 0.372 e. The molecule has 1 saturated heterocycles. The Bertz CT molecular complexity index is 730. The number of nitrogens with zero attached hydrogens (tertiary/aromatic N) is 3. The molecule has 0 spiro atoms. The van der Waals surface area contributed by atoms with Crippen molar-refractivity contribution >= 4 is 34.4 Å². The summed E-state index contributed by atoms with van der Waals surface area (Å²) in [6, 6.07) is 7.85. The van der Waals surface area contributed by atoms with E-state index in [2.05, 4.69) is 15.3 Å². The lowest BCUT2D eigenvalue weighted by Crippen LogP contribution is -2.48. The predicted molar refractivity (Wildman–Crippen MR) is 96.4 cm³/mol. The van der Waals surface area contributed by atoms with E-state index in [1.807, 2.05) is 50.1 Å². The fourth-order valence-electron chi connectivity index (χ4n) is 2.91. The lowest BCUT2D eigenvalue weighted by molar-refractivity contribution is -0.140. The van der Waals surface area contributed by atoms with Gasteiger partial charge in [0.15, 0.2) is 5.16 Å². The SMILES string of the molecule is CNc1nc(SCC(=O)N2C[C@H](C)O[C@@H](C)C2)nc2ccccc12. The maximum absolute atomic E-state index is 12.5. The van der Waals surface area contributed by atoms with E-state index in [-0.39, 0.29) is 18.1 Å². The number of nitrogens with one attached hydrogen (secondary N) is 1. The minimum Gasteiger partial charge on any atom is -0.372 e. The summed E-state index contributed by atoms with van der Waals surface area (Å²) in [7, 11) is 1.84. The maximum atomic E-state index is 12.5. The second-order valence-electron chi connectivity index (χ2n) is 5.97. The Balaban J connectivity index is 1.70. The van der Waals surface area contributed by atoms with Gasteiger partial charge in [-0.25, -0.2) is 9.97 Å². The van der Waals surface area contributed by atoms with Gasteiger partial charge < -0.3 is 15.0 Å². The van der Waals surface area contributed by atoms with Crippen LogP contribution in [0.3, 0.4) is 0 Å². The molecule has 1 amide bonds. The lowest BCUT2D eigenvalue weighted by Gasteiger charge is -2.35. The first kappa shape index (κ1) is 17.0. The van der Waals surface area contributed by atoms with Gasteiger partial charge in [0.1, 0.15) is 5.82 Å². The third-order valence-corrected chi connectivity index (χ3v) is 4.75. The van der Waals surface area contributed by atoms with Crippen LogP contribution in [0.2, 0.25) is 0 Å². The van der Waals surface area contributed by atoms with Crippen LogP contribution in [-0.4, -0.2) is 58.9 Å². The van der Waals surface area contributed by atoms with Gasteiger partial charge in [0.05, 0.1) is 23.5 Å². The van der Waals surface area contributed by atoms with Gasteiger partial charge in [0, 0.05) is 25.5 Å². The summed E-state index contributed by atoms with van der Waals surface area (Å²) < 4.78 is 5.67. The Kier molecular flexibility index (Phi) is 5.20. The second kappa shape index (κ2) is 7.36. The number of morpholine rings is 1. The molecule has 0 radical (unpaired) electrons. The van der Waals surface area contributed by atoms with Gasteiger partial charge in [-0.1, -0.05) is 23.9 Å². The molecule has 7 heteroatoms. The predicted octanol–water partition coefficient (Wildman–Crippen LogP) is 2.40. The van der Waals surface area contributed by atoms with E-state index < -0.39 is 0 Å². The van der Waals surface area contributed by atoms with Crippen LogP contribution >= 0.6 is 11.8 Å². The normalized spacial score (nSPS) is 21.0. The third kappa shape index (κ3) is 3.79. The number of carbonyl (C=O) groups excluding carboxylic acids is 1. The second-order valence-corrected chi connectivity index (χ2v) is 6.91. The number of thioether (sulfide) groups is 1. The summed E-state index contributed by atoms with van der Waals surface area (Å²) >= 11 is 1.37. The molecular weight excluding hydrogens is 324 g/mol. The van der Waals surface area contributed by atoms with Gasteiger partial charge in [0.2, 0.25) is 5.91 Å². The van der Waals surface area contributed by atoms with E-state index in [0.717, 1.165) is 16.7 Å². The minimum absolute atomic E-state index is 0.0792. The molecule has 1 fully saturated rings. The molecular formula is C17H22N4O2S. The van der Waals surface area contributed by atoms with Crippen LogP contribution in [0.15, 0.2) is 29.4 Å². The fraction of sp³-hybridized carbons (Fsp3) is 0.471. The van der Waals surface area contributed by atoms with Crippen LogP contribution in [0.4, 0.5) is 5.82 Å². The smallest absolute Gasteiger partial charge is 0.233 e. The highest BCUT2D eigenvalue weighted by molar-refractivity contribution is 7.99. The van der Waals surface area contributed by atoms with Gasteiger partial charge >= 0.3 is 0 Å². The summed E-state index contributed by atoms with van der Waals surface area (Å²) in [4.78, 5) is 23.4. The standard InChI is InChI=1S/C17H22N4O2S/c1-11-8-21(9-12(2)23-11)15(22)10-24-17-19-14-7-5-4-6-13(14)16(18-3)20-17/h4-7,11-12H,8-10H2,1-3H3,(H,18,19,20)/t11-,12-/m0/s1. The van der Waals surface area contributed by atoms with Gasteiger partial charge in [0.25, 0.3) is 0 Å². The Hall–Kier alpha value is -1.86. The van der Waals surface area contributed by atoms with Gasteiger partial charge in [-0.15, -0.1) is 0 Å². The molecule has 128 valence electrons. The summed E-state index contributed by atoms with van der Waals surface area (Å²) in [6.45, 7) is 5.28. The Labute approximate surface area is 146 Å². The average molecular weight is 346 g/mol. The minimum atomic E-state index is 0.0792. The number of amides is 1. The van der Waals surface area contributed by atoms with Crippen molar-refractivity contribution in [2.24, 2.45) is 0 Å². The van der Waals surface area contributed by atoms with Gasteiger partial charge in [-0.05, 0) is 26.0 Å². The molecule has 1 aliphatic rings. The van der Waals surface area contributed by atoms with E-state index in [4.69, 9.17) is 4.74 Å². The average Bonchev–Trinajstić information content (AvgIpc) is 2.58. The molecule has 6 nitrogen and oxygen atoms in total. The molecule has 1 aliphatic heterocycles. The quantitative estimate of drug-likeness (QED) is 0.677. The molecule has 0 unspecified atom stereocenters. The van der Waals surface area contributed by atoms with Crippen molar-refractivity contribution in [3.05, 3.63) is 24.3 Å². The van der Waals surface area contributed by atoms with Crippen LogP contribution in [0.1, 0.15) is 13.8 Å². The fourth-order valence-corrected chi connectivity index (χ4v) is 3.66. The van der Waals surface area contributed by atoms with Crippen molar-refractivity contribution in [2.45, 2.75) is 31.2 Å². The molecule has 0 bridgehead atoms. The number of fused-ring (bicyclic) bond motifs is 1. The van der Waals surface area contributed by atoms with E-state index in [9.17, 15) is 4.79 Å². The van der Waals surface area contributed by atoms with Crippen LogP contribution in [0.25, 0.3) is 10.9 Å². The first-order valence-electron chi connectivity index (χ1n) is 8.07. The maximum Gasteiger partial charge on any atom is 0.233 e. The zero-order valence-electron chi connectivity index (χ0n) is 14.2. The number of ether oxygens (including phenoxy) is 1. The van der Waals surface area contributed by atoms with Gasteiger partial charge in [-0.2, -0.15) is 0 Å². The first-order valence-corrected chi connectivity index (χ1v) is 9.06. The van der Waals surface area contributed by atoms with Crippen molar-refractivity contribution in [3.8, 4) is 0 Å². The van der Waals surface area contributed by atoms with E-state index >= 15 is 0 Å². The van der Waals surface area contributed by atoms with Crippen molar-refractivity contribution in [1.82, 2.24) is 14.9 Å². The zero-order valence-corrected chi connectivity index (χ0v) is 15.0. The summed E-state index contributed by atoms with van der Waals surface area (Å²) in [5.74, 6) is 1.22. The monoisotopic (exact) mass is 346 g/mol. The van der Waals surface area contributed by atoms with Crippen molar-refractivity contribution < 1.29 is 9.53 Å². The van der Waals surface area contributed by atoms with Crippen LogP contribution in [0, 0.1) is 0 Å². The highest BCUT2D eigenvalue weighted by atomic mass is 32.2. The molecule has 0 aliphatic carbocycles. The molecule has 0 saturated carbocycles. The lowest BCUT2D eigenvalue weighted by atomic mass is 10.2. The van der Waals surface area contributed by atoms with Crippen LogP contribution < -0.4 is 5.32 Å². The number of aromatic nitrogens is 2. The highest BCUT2D eigenvalue weighted by Crippen LogP contribution is 2.24. The Morgan fingerprint density at radius 2 is 2.00 bits per heavy atom. The van der Waals surface area contributed by atoms with Crippen molar-refractivity contribution in [2.75, 3.05) is 31.2 Å². The number of para-hydroxylation sites is 1.